The van der Waals surface area contributed by atoms with Crippen LogP contribution < -0.4 is 15.4 Å². The third-order valence-electron chi connectivity index (χ3n) is 4.45. The molecule has 0 saturated carbocycles. The van der Waals surface area contributed by atoms with Crippen molar-refractivity contribution in [3.63, 3.8) is 0 Å². The van der Waals surface area contributed by atoms with Gasteiger partial charge in [0.2, 0.25) is 0 Å². The van der Waals surface area contributed by atoms with Gasteiger partial charge in [0.1, 0.15) is 12.4 Å². The summed E-state index contributed by atoms with van der Waals surface area (Å²) in [5.41, 5.74) is 2.46. The fourth-order valence-electron chi connectivity index (χ4n) is 2.94. The van der Waals surface area contributed by atoms with Crippen molar-refractivity contribution in [1.82, 2.24) is 10.6 Å². The van der Waals surface area contributed by atoms with E-state index in [1.807, 2.05) is 37.4 Å². The summed E-state index contributed by atoms with van der Waals surface area (Å²) >= 11 is 0. The summed E-state index contributed by atoms with van der Waals surface area (Å²) in [6, 6.07) is 19.0. The van der Waals surface area contributed by atoms with Gasteiger partial charge in [-0.3, -0.25) is 4.99 Å². The predicted molar refractivity (Wildman–Crippen MR) is 123 cm³/mol. The Hall–Kier alpha value is -2.02. The minimum absolute atomic E-state index is 0. The van der Waals surface area contributed by atoms with Gasteiger partial charge in [0, 0.05) is 19.6 Å². The molecular weight excluding hydrogens is 449 g/mol. The highest BCUT2D eigenvalue weighted by Crippen LogP contribution is 2.14. The second-order valence-electron chi connectivity index (χ2n) is 6.45. The molecule has 0 radical (unpaired) electrons. The molecule has 0 fully saturated rings. The number of nitrogens with zero attached hydrogens (tertiary/aromatic N) is 1. The Morgan fingerprint density at radius 2 is 1.70 bits per heavy atom. The van der Waals surface area contributed by atoms with Gasteiger partial charge in [0.05, 0.1) is 0 Å². The van der Waals surface area contributed by atoms with Gasteiger partial charge in [-0.1, -0.05) is 54.6 Å². The molecule has 3 rings (SSSR count). The van der Waals surface area contributed by atoms with Gasteiger partial charge in [0.25, 0.3) is 0 Å². The van der Waals surface area contributed by atoms with E-state index in [9.17, 15) is 0 Å². The van der Waals surface area contributed by atoms with Crippen LogP contribution >= 0.6 is 24.0 Å². The third kappa shape index (κ3) is 7.25. The maximum atomic E-state index is 5.83. The van der Waals surface area contributed by atoms with E-state index in [2.05, 4.69) is 52.0 Å². The molecule has 0 unspecified atom stereocenters. The van der Waals surface area contributed by atoms with Gasteiger partial charge in [-0.05, 0) is 42.5 Å². The summed E-state index contributed by atoms with van der Waals surface area (Å²) in [6.07, 6.45) is 7.53. The zero-order valence-corrected chi connectivity index (χ0v) is 18.1. The number of benzene rings is 2. The largest absolute Gasteiger partial charge is 0.489 e. The minimum Gasteiger partial charge on any atom is -0.489 e. The second kappa shape index (κ2) is 11.6. The first-order valence-electron chi connectivity index (χ1n) is 9.21. The van der Waals surface area contributed by atoms with Crippen LogP contribution in [0.1, 0.15) is 24.0 Å². The average Bonchev–Trinajstić information content (AvgIpc) is 3.20. The third-order valence-corrected chi connectivity index (χ3v) is 4.45. The van der Waals surface area contributed by atoms with Gasteiger partial charge < -0.3 is 15.4 Å². The highest BCUT2D eigenvalue weighted by atomic mass is 127. The molecule has 27 heavy (non-hydrogen) atoms. The van der Waals surface area contributed by atoms with Crippen LogP contribution in [0.3, 0.4) is 0 Å². The molecule has 0 atom stereocenters. The number of guanidine groups is 1. The lowest BCUT2D eigenvalue weighted by Crippen LogP contribution is -2.43. The lowest BCUT2D eigenvalue weighted by molar-refractivity contribution is 0.306. The first kappa shape index (κ1) is 21.3. The molecule has 0 amide bonds. The Bertz CT molecular complexity index is 721. The molecule has 144 valence electrons. The molecule has 0 spiro atoms. The zero-order valence-electron chi connectivity index (χ0n) is 15.7. The Labute approximate surface area is 179 Å². The van der Waals surface area contributed by atoms with Crippen molar-refractivity contribution in [1.29, 1.82) is 0 Å². The van der Waals surface area contributed by atoms with Crippen molar-refractivity contribution in [2.24, 2.45) is 4.99 Å². The van der Waals surface area contributed by atoms with Crippen LogP contribution in [0.5, 0.6) is 5.75 Å². The first-order valence-corrected chi connectivity index (χ1v) is 9.21. The smallest absolute Gasteiger partial charge is 0.191 e. The Morgan fingerprint density at radius 3 is 2.37 bits per heavy atom. The normalized spacial score (nSPS) is 13.9. The Kier molecular flexibility index (Phi) is 9.18. The molecule has 1 aliphatic carbocycles. The fourth-order valence-corrected chi connectivity index (χ4v) is 2.94. The summed E-state index contributed by atoms with van der Waals surface area (Å²) in [7, 11) is 1.82. The van der Waals surface area contributed by atoms with Crippen LogP contribution in [0.15, 0.2) is 71.7 Å². The van der Waals surface area contributed by atoms with Gasteiger partial charge >= 0.3 is 0 Å². The minimum atomic E-state index is 0. The molecule has 5 heteroatoms. The van der Waals surface area contributed by atoms with E-state index in [1.165, 1.54) is 11.1 Å². The standard InChI is InChI=1S/C22H27N3O.HI/c1-23-22(25-20-9-5-6-10-20)24-16-15-18-11-13-21(14-12-18)26-17-19-7-3-2-4-8-19;/h2-8,11-14,20H,9-10,15-17H2,1H3,(H2,23,24,25);1H. The van der Waals surface area contributed by atoms with Crippen LogP contribution in [0.25, 0.3) is 0 Å². The van der Waals surface area contributed by atoms with Crippen LogP contribution in [0.2, 0.25) is 0 Å². The van der Waals surface area contributed by atoms with Crippen LogP contribution in [0, 0.1) is 0 Å². The Balaban J connectivity index is 0.00000261. The summed E-state index contributed by atoms with van der Waals surface area (Å²) < 4.78 is 5.83. The van der Waals surface area contributed by atoms with Crippen molar-refractivity contribution in [2.75, 3.05) is 13.6 Å². The number of ether oxygens (including phenoxy) is 1. The van der Waals surface area contributed by atoms with Crippen LogP contribution in [0.4, 0.5) is 0 Å². The van der Waals surface area contributed by atoms with E-state index in [1.54, 1.807) is 0 Å². The highest BCUT2D eigenvalue weighted by molar-refractivity contribution is 14.0. The maximum absolute atomic E-state index is 5.83. The summed E-state index contributed by atoms with van der Waals surface area (Å²) in [6.45, 7) is 1.45. The van der Waals surface area contributed by atoms with Crippen molar-refractivity contribution >= 4 is 29.9 Å². The van der Waals surface area contributed by atoms with Crippen molar-refractivity contribution < 1.29 is 4.74 Å². The molecule has 2 aromatic rings. The topological polar surface area (TPSA) is 45.7 Å². The van der Waals surface area contributed by atoms with E-state index in [0.29, 0.717) is 12.6 Å². The molecule has 0 heterocycles. The number of aliphatic imine (C=N–C) groups is 1. The molecular formula is C22H28IN3O. The number of hydrogen-bond donors (Lipinski definition) is 2. The quantitative estimate of drug-likeness (QED) is 0.271. The average molecular weight is 477 g/mol. The SMILES string of the molecule is CN=C(NCCc1ccc(OCc2ccccc2)cc1)NC1CC=CC1.I. The highest BCUT2D eigenvalue weighted by Gasteiger charge is 2.11. The number of nitrogens with one attached hydrogen (secondary N) is 2. The van der Waals surface area contributed by atoms with Crippen molar-refractivity contribution in [2.45, 2.75) is 31.9 Å². The van der Waals surface area contributed by atoms with Gasteiger partial charge in [0.15, 0.2) is 5.96 Å². The van der Waals surface area contributed by atoms with E-state index in [-0.39, 0.29) is 24.0 Å². The van der Waals surface area contributed by atoms with Gasteiger partial charge in [-0.15, -0.1) is 24.0 Å². The van der Waals surface area contributed by atoms with E-state index >= 15 is 0 Å². The molecule has 0 bridgehead atoms. The Morgan fingerprint density at radius 1 is 1.00 bits per heavy atom. The van der Waals surface area contributed by atoms with E-state index in [4.69, 9.17) is 4.74 Å². The molecule has 4 nitrogen and oxygen atoms in total. The predicted octanol–water partition coefficient (Wildman–Crippen LogP) is 4.31. The summed E-state index contributed by atoms with van der Waals surface area (Å²) in [5.74, 6) is 1.78. The zero-order chi connectivity index (χ0) is 18.0. The van der Waals surface area contributed by atoms with Crippen LogP contribution in [-0.2, 0) is 13.0 Å². The summed E-state index contributed by atoms with van der Waals surface area (Å²) in [5, 5.41) is 6.84. The number of hydrogen-bond acceptors (Lipinski definition) is 2. The monoisotopic (exact) mass is 477 g/mol. The van der Waals surface area contributed by atoms with Gasteiger partial charge in [-0.2, -0.15) is 0 Å². The van der Waals surface area contributed by atoms with Crippen molar-refractivity contribution in [3.05, 3.63) is 77.9 Å². The van der Waals surface area contributed by atoms with Gasteiger partial charge in [-0.25, -0.2) is 0 Å². The lowest BCUT2D eigenvalue weighted by Gasteiger charge is -2.17. The first-order chi connectivity index (χ1) is 12.8. The van der Waals surface area contributed by atoms with E-state index in [0.717, 1.165) is 37.5 Å². The fraction of sp³-hybridized carbons (Fsp3) is 0.318. The molecule has 0 saturated heterocycles. The van der Waals surface area contributed by atoms with Crippen molar-refractivity contribution in [3.8, 4) is 5.75 Å². The molecule has 0 aliphatic heterocycles. The second-order valence-corrected chi connectivity index (χ2v) is 6.45. The molecule has 2 N–H and O–H groups in total. The van der Waals surface area contributed by atoms with E-state index < -0.39 is 0 Å². The number of halogens is 1. The molecule has 1 aliphatic rings. The summed E-state index contributed by atoms with van der Waals surface area (Å²) in [4.78, 5) is 4.30. The number of rotatable bonds is 7. The lowest BCUT2D eigenvalue weighted by atomic mass is 10.1. The maximum Gasteiger partial charge on any atom is 0.191 e. The van der Waals surface area contributed by atoms with Crippen LogP contribution in [-0.4, -0.2) is 25.6 Å². The molecule has 0 aromatic heterocycles. The molecule has 2 aromatic carbocycles.